The second kappa shape index (κ2) is 7.99. The highest BCUT2D eigenvalue weighted by atomic mass is 16.1. The maximum Gasteiger partial charge on any atom is 0.164 e. The van der Waals surface area contributed by atoms with Crippen LogP contribution < -0.4 is 5.73 Å². The van der Waals surface area contributed by atoms with E-state index >= 15 is 0 Å². The molecular formula is C13H20N2O. The predicted molar refractivity (Wildman–Crippen MR) is 65.3 cm³/mol. The topological polar surface area (TPSA) is 56.0 Å². The molecule has 1 heterocycles. The van der Waals surface area contributed by atoms with E-state index in [0.717, 1.165) is 31.4 Å². The van der Waals surface area contributed by atoms with Gasteiger partial charge in [0.15, 0.2) is 5.78 Å². The van der Waals surface area contributed by atoms with Gasteiger partial charge in [-0.2, -0.15) is 0 Å². The number of hydrogen-bond donors (Lipinski definition) is 1. The summed E-state index contributed by atoms with van der Waals surface area (Å²) in [7, 11) is 0. The first kappa shape index (κ1) is 12.8. The lowest BCUT2D eigenvalue weighted by Crippen LogP contribution is -2.00. The minimum Gasteiger partial charge on any atom is -0.330 e. The van der Waals surface area contributed by atoms with Crippen LogP contribution in [0.15, 0.2) is 24.5 Å². The van der Waals surface area contributed by atoms with E-state index in [1.807, 2.05) is 6.07 Å². The van der Waals surface area contributed by atoms with Crippen LogP contribution in [-0.2, 0) is 0 Å². The first-order valence-electron chi connectivity index (χ1n) is 5.98. The van der Waals surface area contributed by atoms with Gasteiger partial charge in [-0.15, -0.1) is 0 Å². The Balaban J connectivity index is 2.12. The number of nitrogens with two attached hydrogens (primary N) is 1. The molecule has 0 aliphatic carbocycles. The van der Waals surface area contributed by atoms with E-state index in [-0.39, 0.29) is 5.78 Å². The molecule has 1 rings (SSSR count). The Hall–Kier alpha value is -1.22. The number of carbonyl (C=O) groups excluding carboxylic acids is 1. The summed E-state index contributed by atoms with van der Waals surface area (Å²) < 4.78 is 0. The van der Waals surface area contributed by atoms with Crippen molar-refractivity contribution in [3.63, 3.8) is 0 Å². The van der Waals surface area contributed by atoms with Gasteiger partial charge >= 0.3 is 0 Å². The molecule has 3 nitrogen and oxygen atoms in total. The fourth-order valence-corrected chi connectivity index (χ4v) is 1.63. The van der Waals surface area contributed by atoms with Crippen molar-refractivity contribution >= 4 is 5.78 Å². The van der Waals surface area contributed by atoms with Crippen LogP contribution in [0, 0.1) is 0 Å². The van der Waals surface area contributed by atoms with Crippen molar-refractivity contribution in [1.29, 1.82) is 0 Å². The second-order valence-electron chi connectivity index (χ2n) is 3.97. The zero-order valence-corrected chi connectivity index (χ0v) is 9.69. The van der Waals surface area contributed by atoms with E-state index in [2.05, 4.69) is 4.98 Å². The predicted octanol–water partition coefficient (Wildman–Crippen LogP) is 2.56. The minimum atomic E-state index is 0.201. The normalized spacial score (nSPS) is 10.3. The molecule has 0 aromatic carbocycles. The fourth-order valence-electron chi connectivity index (χ4n) is 1.63. The van der Waals surface area contributed by atoms with Gasteiger partial charge in [-0.1, -0.05) is 19.3 Å². The van der Waals surface area contributed by atoms with Gasteiger partial charge in [0.2, 0.25) is 0 Å². The Morgan fingerprint density at radius 3 is 2.62 bits per heavy atom. The van der Waals surface area contributed by atoms with Gasteiger partial charge in [0, 0.05) is 24.4 Å². The van der Waals surface area contributed by atoms with Crippen LogP contribution in [-0.4, -0.2) is 17.3 Å². The second-order valence-corrected chi connectivity index (χ2v) is 3.97. The Morgan fingerprint density at radius 1 is 1.19 bits per heavy atom. The van der Waals surface area contributed by atoms with E-state index in [1.54, 1.807) is 18.5 Å². The summed E-state index contributed by atoms with van der Waals surface area (Å²) in [6, 6.07) is 3.62. The molecule has 0 spiro atoms. The molecule has 2 N–H and O–H groups in total. The van der Waals surface area contributed by atoms with Crippen molar-refractivity contribution in [2.75, 3.05) is 6.54 Å². The molecular weight excluding hydrogens is 200 g/mol. The van der Waals surface area contributed by atoms with Gasteiger partial charge in [-0.25, -0.2) is 0 Å². The summed E-state index contributed by atoms with van der Waals surface area (Å²) in [6.45, 7) is 0.772. The number of carbonyl (C=O) groups is 1. The highest BCUT2D eigenvalue weighted by Crippen LogP contribution is 2.08. The first-order chi connectivity index (χ1) is 7.84. The van der Waals surface area contributed by atoms with Gasteiger partial charge in [-0.3, -0.25) is 9.78 Å². The highest BCUT2D eigenvalue weighted by Gasteiger charge is 2.04. The summed E-state index contributed by atoms with van der Waals surface area (Å²) in [5.41, 5.74) is 6.13. The molecule has 0 saturated carbocycles. The third-order valence-corrected chi connectivity index (χ3v) is 2.59. The van der Waals surface area contributed by atoms with E-state index in [1.165, 1.54) is 12.8 Å². The monoisotopic (exact) mass is 220 g/mol. The average Bonchev–Trinajstić information content (AvgIpc) is 2.34. The minimum absolute atomic E-state index is 0.201. The highest BCUT2D eigenvalue weighted by molar-refractivity contribution is 5.95. The van der Waals surface area contributed by atoms with E-state index < -0.39 is 0 Å². The number of Topliss-reactive ketones (excluding diaryl/α,β-unsaturated/α-hetero) is 1. The summed E-state index contributed by atoms with van der Waals surface area (Å²) in [5, 5.41) is 0. The fraction of sp³-hybridized carbons (Fsp3) is 0.538. The van der Waals surface area contributed by atoms with Crippen LogP contribution in [0.25, 0.3) is 0 Å². The number of ketones is 1. The Bertz CT molecular complexity index is 298. The van der Waals surface area contributed by atoms with Crippen LogP contribution in [0.5, 0.6) is 0 Å². The standard InChI is InChI=1S/C13H20N2O/c14-9-5-3-1-2-4-8-13(16)12-7-6-10-15-11-12/h6-7,10-11H,1-5,8-9,14H2. The van der Waals surface area contributed by atoms with Crippen molar-refractivity contribution in [3.8, 4) is 0 Å². The summed E-state index contributed by atoms with van der Waals surface area (Å²) in [5.74, 6) is 0.201. The van der Waals surface area contributed by atoms with Crippen LogP contribution >= 0.6 is 0 Å². The Labute approximate surface area is 97.1 Å². The zero-order chi connectivity index (χ0) is 11.6. The lowest BCUT2D eigenvalue weighted by Gasteiger charge is -2.01. The van der Waals surface area contributed by atoms with Gasteiger partial charge in [0.25, 0.3) is 0 Å². The van der Waals surface area contributed by atoms with E-state index in [0.29, 0.717) is 6.42 Å². The third-order valence-electron chi connectivity index (χ3n) is 2.59. The summed E-state index contributed by atoms with van der Waals surface area (Å²) in [4.78, 5) is 15.6. The van der Waals surface area contributed by atoms with Gasteiger partial charge in [0.05, 0.1) is 0 Å². The van der Waals surface area contributed by atoms with Crippen molar-refractivity contribution in [1.82, 2.24) is 4.98 Å². The number of pyridine rings is 1. The van der Waals surface area contributed by atoms with Gasteiger partial charge < -0.3 is 5.73 Å². The number of nitrogens with zero attached hydrogens (tertiary/aromatic N) is 1. The SMILES string of the molecule is NCCCCCCCC(=O)c1cccnc1. The maximum atomic E-state index is 11.7. The molecule has 0 saturated heterocycles. The molecule has 0 unspecified atom stereocenters. The molecule has 0 aliphatic rings. The largest absolute Gasteiger partial charge is 0.330 e. The molecule has 0 radical (unpaired) electrons. The van der Waals surface area contributed by atoms with Gasteiger partial charge in [-0.05, 0) is 31.5 Å². The molecule has 0 amide bonds. The molecule has 1 aromatic heterocycles. The van der Waals surface area contributed by atoms with E-state index in [4.69, 9.17) is 5.73 Å². The lowest BCUT2D eigenvalue weighted by molar-refractivity contribution is 0.0978. The maximum absolute atomic E-state index is 11.7. The van der Waals surface area contributed by atoms with Crippen molar-refractivity contribution < 1.29 is 4.79 Å². The summed E-state index contributed by atoms with van der Waals surface area (Å²) >= 11 is 0. The zero-order valence-electron chi connectivity index (χ0n) is 9.69. The smallest absolute Gasteiger partial charge is 0.164 e. The molecule has 0 atom stereocenters. The van der Waals surface area contributed by atoms with Crippen LogP contribution in [0.2, 0.25) is 0 Å². The molecule has 1 aromatic rings. The third kappa shape index (κ3) is 5.03. The first-order valence-corrected chi connectivity index (χ1v) is 5.98. The molecule has 3 heteroatoms. The number of unbranched alkanes of at least 4 members (excludes halogenated alkanes) is 4. The lowest BCUT2D eigenvalue weighted by atomic mass is 10.1. The van der Waals surface area contributed by atoms with Crippen molar-refractivity contribution in [3.05, 3.63) is 30.1 Å². The number of rotatable bonds is 8. The summed E-state index contributed by atoms with van der Waals surface area (Å²) in [6.07, 6.45) is 9.49. The molecule has 16 heavy (non-hydrogen) atoms. The molecule has 88 valence electrons. The van der Waals surface area contributed by atoms with Crippen LogP contribution in [0.3, 0.4) is 0 Å². The molecule has 0 aliphatic heterocycles. The van der Waals surface area contributed by atoms with Crippen molar-refractivity contribution in [2.45, 2.75) is 38.5 Å². The Kier molecular flexibility index (Phi) is 6.42. The molecule has 0 fully saturated rings. The van der Waals surface area contributed by atoms with Crippen LogP contribution in [0.1, 0.15) is 48.9 Å². The average molecular weight is 220 g/mol. The quantitative estimate of drug-likeness (QED) is 0.541. The molecule has 0 bridgehead atoms. The van der Waals surface area contributed by atoms with E-state index in [9.17, 15) is 4.79 Å². The number of aromatic nitrogens is 1. The van der Waals surface area contributed by atoms with Crippen LogP contribution in [0.4, 0.5) is 0 Å². The van der Waals surface area contributed by atoms with Crippen molar-refractivity contribution in [2.24, 2.45) is 5.73 Å². The van der Waals surface area contributed by atoms with Gasteiger partial charge in [0.1, 0.15) is 0 Å². The number of hydrogen-bond acceptors (Lipinski definition) is 3. The Morgan fingerprint density at radius 2 is 1.94 bits per heavy atom.